The molecule has 3 aromatic carbocycles. The molecule has 0 radical (unpaired) electrons. The molecule has 32 heavy (non-hydrogen) atoms. The lowest BCUT2D eigenvalue weighted by Gasteiger charge is -2.23. The Labute approximate surface area is 183 Å². The molecule has 2 aliphatic rings. The molecule has 1 N–H and O–H groups in total. The Bertz CT molecular complexity index is 1230. The van der Waals surface area contributed by atoms with Crippen molar-refractivity contribution in [1.82, 2.24) is 0 Å². The minimum atomic E-state index is -2.02. The van der Waals surface area contributed by atoms with E-state index in [4.69, 9.17) is 9.47 Å². The Kier molecular flexibility index (Phi) is 4.90. The number of benzene rings is 3. The molecular weight excluding hydrogens is 413 g/mol. The molecule has 1 amide bonds. The zero-order chi connectivity index (χ0) is 22.3. The van der Waals surface area contributed by atoms with E-state index in [0.717, 1.165) is 0 Å². The Morgan fingerprint density at radius 1 is 1.00 bits per heavy atom. The molecule has 0 saturated carbocycles. The third-order valence-electron chi connectivity index (χ3n) is 5.75. The number of nitrogens with zero attached hydrogens (tertiary/aromatic N) is 1. The lowest BCUT2D eigenvalue weighted by atomic mass is 9.88. The third-order valence-corrected chi connectivity index (χ3v) is 5.75. The molecule has 7 heteroatoms. The van der Waals surface area contributed by atoms with Gasteiger partial charge < -0.3 is 19.5 Å². The average Bonchev–Trinajstić information content (AvgIpc) is 3.01. The summed E-state index contributed by atoms with van der Waals surface area (Å²) in [7, 11) is 0. The van der Waals surface area contributed by atoms with Crippen LogP contribution in [0.25, 0.3) is 0 Å². The first-order valence-corrected chi connectivity index (χ1v) is 10.3. The molecule has 5 rings (SSSR count). The number of Topliss-reactive ketones (excluding diaryl/α,β-unsaturated/α-hetero) is 1. The number of hydrogen-bond acceptors (Lipinski definition) is 5. The molecule has 0 fully saturated rings. The van der Waals surface area contributed by atoms with Crippen molar-refractivity contribution >= 4 is 17.4 Å². The third kappa shape index (κ3) is 3.40. The maximum absolute atomic E-state index is 13.6. The normalized spacial score (nSPS) is 19.1. The Morgan fingerprint density at radius 3 is 2.59 bits per heavy atom. The molecule has 3 aromatic rings. The van der Waals surface area contributed by atoms with Crippen LogP contribution in [0.1, 0.15) is 27.9 Å². The number of hydrogen-bond donors (Lipinski definition) is 1. The first-order chi connectivity index (χ1) is 15.5. The fourth-order valence-electron chi connectivity index (χ4n) is 4.20. The zero-order valence-electron chi connectivity index (χ0n) is 17.1. The van der Waals surface area contributed by atoms with Crippen LogP contribution in [0.5, 0.6) is 11.5 Å². The number of carbonyl (C=O) groups is 2. The number of fused-ring (bicyclic) bond motifs is 2. The van der Waals surface area contributed by atoms with Gasteiger partial charge in [-0.3, -0.25) is 9.59 Å². The van der Waals surface area contributed by atoms with Crippen LogP contribution in [0.2, 0.25) is 0 Å². The van der Waals surface area contributed by atoms with E-state index in [1.165, 1.54) is 17.0 Å². The molecule has 0 aromatic heterocycles. The van der Waals surface area contributed by atoms with Gasteiger partial charge in [0.25, 0.3) is 5.91 Å². The summed E-state index contributed by atoms with van der Waals surface area (Å²) >= 11 is 0. The summed E-state index contributed by atoms with van der Waals surface area (Å²) in [6.07, 6.45) is -0.428. The van der Waals surface area contributed by atoms with E-state index < -0.39 is 29.5 Å². The number of aliphatic hydroxyl groups is 1. The van der Waals surface area contributed by atoms with E-state index in [0.29, 0.717) is 47.1 Å². The second-order valence-electron chi connectivity index (χ2n) is 7.86. The van der Waals surface area contributed by atoms with E-state index in [1.807, 2.05) is 0 Å². The first kappa shape index (κ1) is 20.2. The standard InChI is InChI=1S/C25H20FNO5/c26-18-5-3-4-16(12-18)15-27-20-7-2-1-6-19(20)25(30,24(27)29)14-21(28)17-8-9-22-23(13-17)32-11-10-31-22/h1-9,12-13,30H,10-11,14-15H2/t25-/m1/s1. The van der Waals surface area contributed by atoms with E-state index >= 15 is 0 Å². The van der Waals surface area contributed by atoms with E-state index in [9.17, 15) is 19.1 Å². The number of ether oxygens (including phenoxy) is 2. The van der Waals surface area contributed by atoms with Crippen LogP contribution in [0.3, 0.4) is 0 Å². The number of halogens is 1. The zero-order valence-corrected chi connectivity index (χ0v) is 17.1. The Hall–Kier alpha value is -3.71. The second-order valence-corrected chi connectivity index (χ2v) is 7.86. The monoisotopic (exact) mass is 433 g/mol. The topological polar surface area (TPSA) is 76.1 Å². The molecule has 0 saturated heterocycles. The maximum Gasteiger partial charge on any atom is 0.264 e. The smallest absolute Gasteiger partial charge is 0.264 e. The summed E-state index contributed by atoms with van der Waals surface area (Å²) in [4.78, 5) is 27.8. The van der Waals surface area contributed by atoms with Gasteiger partial charge in [0.15, 0.2) is 22.9 Å². The molecule has 0 unspecified atom stereocenters. The minimum Gasteiger partial charge on any atom is -0.486 e. The van der Waals surface area contributed by atoms with Gasteiger partial charge in [-0.25, -0.2) is 4.39 Å². The highest BCUT2D eigenvalue weighted by atomic mass is 19.1. The predicted octanol–water partition coefficient (Wildman–Crippen LogP) is 3.60. The predicted molar refractivity (Wildman–Crippen MR) is 114 cm³/mol. The lowest BCUT2D eigenvalue weighted by molar-refractivity contribution is -0.136. The fourth-order valence-corrected chi connectivity index (χ4v) is 4.20. The van der Waals surface area contributed by atoms with Gasteiger partial charge in [0.1, 0.15) is 19.0 Å². The average molecular weight is 433 g/mol. The highest BCUT2D eigenvalue weighted by Crippen LogP contribution is 2.44. The highest BCUT2D eigenvalue weighted by molar-refractivity contribution is 6.10. The van der Waals surface area contributed by atoms with Crippen LogP contribution in [0.4, 0.5) is 10.1 Å². The van der Waals surface area contributed by atoms with Crippen molar-refractivity contribution in [3.8, 4) is 11.5 Å². The van der Waals surface area contributed by atoms with Gasteiger partial charge in [0.2, 0.25) is 0 Å². The van der Waals surface area contributed by atoms with Crippen molar-refractivity contribution in [3.63, 3.8) is 0 Å². The molecule has 2 heterocycles. The van der Waals surface area contributed by atoms with Gasteiger partial charge in [-0.05, 0) is 42.0 Å². The van der Waals surface area contributed by atoms with Crippen LogP contribution in [-0.2, 0) is 16.9 Å². The summed E-state index contributed by atoms with van der Waals surface area (Å²) in [5, 5.41) is 11.4. The van der Waals surface area contributed by atoms with Crippen LogP contribution in [0.15, 0.2) is 66.7 Å². The van der Waals surface area contributed by atoms with Gasteiger partial charge in [-0.1, -0.05) is 30.3 Å². The van der Waals surface area contributed by atoms with Gasteiger partial charge in [-0.2, -0.15) is 0 Å². The van der Waals surface area contributed by atoms with Crippen LogP contribution in [0, 0.1) is 5.82 Å². The van der Waals surface area contributed by atoms with Crippen molar-refractivity contribution in [1.29, 1.82) is 0 Å². The second kappa shape index (κ2) is 7.76. The molecule has 6 nitrogen and oxygen atoms in total. The van der Waals surface area contributed by atoms with Crippen LogP contribution in [-0.4, -0.2) is 30.0 Å². The van der Waals surface area contributed by atoms with Crippen molar-refractivity contribution < 1.29 is 28.6 Å². The number of para-hydroxylation sites is 1. The molecule has 2 aliphatic heterocycles. The number of rotatable bonds is 5. The Morgan fingerprint density at radius 2 is 1.78 bits per heavy atom. The van der Waals surface area contributed by atoms with Crippen molar-refractivity contribution in [2.75, 3.05) is 18.1 Å². The number of carbonyl (C=O) groups excluding carboxylic acids is 2. The largest absolute Gasteiger partial charge is 0.486 e. The van der Waals surface area contributed by atoms with Gasteiger partial charge >= 0.3 is 0 Å². The summed E-state index contributed by atoms with van der Waals surface area (Å²) < 4.78 is 24.7. The SMILES string of the molecule is O=C(C[C@]1(O)C(=O)N(Cc2cccc(F)c2)c2ccccc21)c1ccc2c(c1)OCCO2. The van der Waals surface area contributed by atoms with Crippen molar-refractivity contribution in [2.45, 2.75) is 18.6 Å². The summed E-state index contributed by atoms with van der Waals surface area (Å²) in [5.41, 5.74) is -0.271. The number of anilines is 1. The summed E-state index contributed by atoms with van der Waals surface area (Å²) in [6.45, 7) is 0.899. The molecule has 0 spiro atoms. The maximum atomic E-state index is 13.6. The van der Waals surface area contributed by atoms with Gasteiger partial charge in [0.05, 0.1) is 18.7 Å². The quantitative estimate of drug-likeness (QED) is 0.623. The van der Waals surface area contributed by atoms with Crippen LogP contribution < -0.4 is 14.4 Å². The molecular formula is C25H20FNO5. The molecule has 0 aliphatic carbocycles. The van der Waals surface area contributed by atoms with Crippen LogP contribution >= 0.6 is 0 Å². The fraction of sp³-hybridized carbons (Fsp3) is 0.200. The Balaban J connectivity index is 1.45. The molecule has 0 bridgehead atoms. The van der Waals surface area contributed by atoms with Crippen molar-refractivity contribution in [3.05, 3.63) is 89.2 Å². The minimum absolute atomic E-state index is 0.0775. The molecule has 1 atom stereocenters. The van der Waals surface area contributed by atoms with E-state index in [-0.39, 0.29) is 6.54 Å². The number of ketones is 1. The highest BCUT2D eigenvalue weighted by Gasteiger charge is 2.50. The van der Waals surface area contributed by atoms with Gasteiger partial charge in [-0.15, -0.1) is 0 Å². The lowest BCUT2D eigenvalue weighted by Crippen LogP contribution is -2.41. The summed E-state index contributed by atoms with van der Waals surface area (Å²) in [6, 6.07) is 17.5. The first-order valence-electron chi connectivity index (χ1n) is 10.3. The van der Waals surface area contributed by atoms with Gasteiger partial charge in [0, 0.05) is 11.1 Å². The van der Waals surface area contributed by atoms with E-state index in [1.54, 1.807) is 54.6 Å². The number of amides is 1. The van der Waals surface area contributed by atoms with Crippen molar-refractivity contribution in [2.24, 2.45) is 0 Å². The molecule has 162 valence electrons. The summed E-state index contributed by atoms with van der Waals surface area (Å²) in [5.74, 6) is -0.421. The van der Waals surface area contributed by atoms with E-state index in [2.05, 4.69) is 0 Å².